The van der Waals surface area contributed by atoms with Gasteiger partial charge in [0.1, 0.15) is 0 Å². The van der Waals surface area contributed by atoms with Gasteiger partial charge in [0.15, 0.2) is 18.5 Å². The molecular formula is C17H24O4S2. The molecule has 128 valence electrons. The fourth-order valence-electron chi connectivity index (χ4n) is 2.01. The summed E-state index contributed by atoms with van der Waals surface area (Å²) in [5.74, 6) is 1.35. The molecule has 0 bridgehead atoms. The third kappa shape index (κ3) is 7.42. The van der Waals surface area contributed by atoms with E-state index >= 15 is 0 Å². The van der Waals surface area contributed by atoms with E-state index in [0.717, 1.165) is 23.4 Å². The minimum Gasteiger partial charge on any atom is -0.457 e. The van der Waals surface area contributed by atoms with Gasteiger partial charge in [-0.1, -0.05) is 44.2 Å². The van der Waals surface area contributed by atoms with Gasteiger partial charge in [0.25, 0.3) is 0 Å². The maximum Gasteiger partial charge on any atom is 0.303 e. The van der Waals surface area contributed by atoms with Gasteiger partial charge >= 0.3 is 5.97 Å². The Balaban J connectivity index is 2.82. The van der Waals surface area contributed by atoms with Crippen LogP contribution >= 0.6 is 23.5 Å². The first kappa shape index (κ1) is 20.1. The summed E-state index contributed by atoms with van der Waals surface area (Å²) in [5.41, 5.74) is 0.976. The Labute approximate surface area is 146 Å². The molecule has 0 saturated carbocycles. The molecule has 0 aliphatic carbocycles. The lowest BCUT2D eigenvalue weighted by Crippen LogP contribution is -2.41. The van der Waals surface area contributed by atoms with Crippen molar-refractivity contribution in [1.29, 1.82) is 0 Å². The molecule has 1 aromatic rings. The van der Waals surface area contributed by atoms with Crippen LogP contribution in [0.1, 0.15) is 26.3 Å². The molecule has 0 aliphatic heterocycles. The molecule has 23 heavy (non-hydrogen) atoms. The molecule has 4 nitrogen and oxygen atoms in total. The van der Waals surface area contributed by atoms with E-state index in [1.807, 2.05) is 44.2 Å². The largest absolute Gasteiger partial charge is 0.457 e. The second-order valence-electron chi connectivity index (χ2n) is 4.75. The molecule has 0 aliphatic rings. The number of esters is 1. The van der Waals surface area contributed by atoms with Crippen LogP contribution in [0.2, 0.25) is 0 Å². The lowest BCUT2D eigenvalue weighted by atomic mass is 10.2. The standard InChI is InChI=1S/C17H24O4S2/c1-4-22-17(23-5-2)16(21-13(3)19)15(11-18)20-12-14-9-7-6-8-10-14/h6-11,15-17H,4-5,12H2,1-3H3/t15-,16+/m0/s1. The van der Waals surface area contributed by atoms with Gasteiger partial charge in [-0.3, -0.25) is 4.79 Å². The van der Waals surface area contributed by atoms with Crippen molar-refractivity contribution in [2.45, 2.75) is 44.2 Å². The van der Waals surface area contributed by atoms with Crippen LogP contribution in [0.4, 0.5) is 0 Å². The van der Waals surface area contributed by atoms with Crippen LogP contribution in [0.25, 0.3) is 0 Å². The summed E-state index contributed by atoms with van der Waals surface area (Å²) in [7, 11) is 0. The topological polar surface area (TPSA) is 52.6 Å². The molecular weight excluding hydrogens is 332 g/mol. The van der Waals surface area contributed by atoms with E-state index < -0.39 is 18.2 Å². The number of ether oxygens (including phenoxy) is 2. The smallest absolute Gasteiger partial charge is 0.303 e. The number of hydrogen-bond donors (Lipinski definition) is 0. The summed E-state index contributed by atoms with van der Waals surface area (Å²) in [6.45, 7) is 5.75. The maximum atomic E-state index is 11.5. The molecule has 0 heterocycles. The van der Waals surface area contributed by atoms with Crippen molar-refractivity contribution in [2.75, 3.05) is 11.5 Å². The van der Waals surface area contributed by atoms with Crippen molar-refractivity contribution >= 4 is 35.8 Å². The van der Waals surface area contributed by atoms with Crippen LogP contribution in [0.3, 0.4) is 0 Å². The van der Waals surface area contributed by atoms with E-state index in [2.05, 4.69) is 0 Å². The molecule has 1 aromatic carbocycles. The number of aldehydes is 1. The van der Waals surface area contributed by atoms with Gasteiger partial charge in [-0.15, -0.1) is 23.5 Å². The first-order chi connectivity index (χ1) is 11.1. The molecule has 0 saturated heterocycles. The predicted octanol–water partition coefficient (Wildman–Crippen LogP) is 3.53. The van der Waals surface area contributed by atoms with Gasteiger partial charge in [-0.05, 0) is 17.1 Å². The van der Waals surface area contributed by atoms with Gasteiger partial charge in [0.05, 0.1) is 11.2 Å². The van der Waals surface area contributed by atoms with Crippen molar-refractivity contribution in [3.8, 4) is 0 Å². The van der Waals surface area contributed by atoms with E-state index in [0.29, 0.717) is 6.61 Å². The summed E-state index contributed by atoms with van der Waals surface area (Å²) < 4.78 is 11.1. The van der Waals surface area contributed by atoms with E-state index in [1.165, 1.54) is 6.92 Å². The van der Waals surface area contributed by atoms with Gasteiger partial charge in [0.2, 0.25) is 0 Å². The van der Waals surface area contributed by atoms with Crippen molar-refractivity contribution in [3.63, 3.8) is 0 Å². The Kier molecular flexibility index (Phi) is 10.1. The monoisotopic (exact) mass is 356 g/mol. The van der Waals surface area contributed by atoms with Crippen LogP contribution in [-0.4, -0.2) is 40.6 Å². The molecule has 6 heteroatoms. The molecule has 0 N–H and O–H groups in total. The number of carbonyl (C=O) groups is 2. The van der Waals surface area contributed by atoms with Crippen LogP contribution in [0.5, 0.6) is 0 Å². The first-order valence-electron chi connectivity index (χ1n) is 7.63. The Morgan fingerprint density at radius 1 is 1.17 bits per heavy atom. The molecule has 0 spiro atoms. The van der Waals surface area contributed by atoms with E-state index in [4.69, 9.17) is 9.47 Å². The molecule has 0 fully saturated rings. The number of hydrogen-bond acceptors (Lipinski definition) is 6. The summed E-state index contributed by atoms with van der Waals surface area (Å²) in [4.78, 5) is 23.0. The predicted molar refractivity (Wildman–Crippen MR) is 96.7 cm³/mol. The van der Waals surface area contributed by atoms with Gasteiger partial charge in [0, 0.05) is 6.92 Å². The highest BCUT2D eigenvalue weighted by Gasteiger charge is 2.33. The summed E-state index contributed by atoms with van der Waals surface area (Å²) in [6, 6.07) is 9.62. The second kappa shape index (κ2) is 11.5. The number of carbonyl (C=O) groups excluding carboxylic acids is 2. The first-order valence-corrected chi connectivity index (χ1v) is 9.73. The molecule has 2 atom stereocenters. The second-order valence-corrected chi connectivity index (χ2v) is 7.89. The lowest BCUT2D eigenvalue weighted by molar-refractivity contribution is -0.155. The highest BCUT2D eigenvalue weighted by molar-refractivity contribution is 8.17. The van der Waals surface area contributed by atoms with Crippen molar-refractivity contribution < 1.29 is 19.1 Å². The fraction of sp³-hybridized carbons (Fsp3) is 0.529. The zero-order chi connectivity index (χ0) is 17.1. The highest BCUT2D eigenvalue weighted by atomic mass is 32.2. The maximum absolute atomic E-state index is 11.5. The SMILES string of the molecule is CCSC(SCC)[C@H](OC(C)=O)[C@H](C=O)OCc1ccccc1. The lowest BCUT2D eigenvalue weighted by Gasteiger charge is -2.29. The third-order valence-electron chi connectivity index (χ3n) is 2.98. The number of rotatable bonds is 11. The van der Waals surface area contributed by atoms with Gasteiger partial charge in [-0.2, -0.15) is 0 Å². The van der Waals surface area contributed by atoms with Gasteiger partial charge < -0.3 is 14.3 Å². The average molecular weight is 357 g/mol. The zero-order valence-corrected chi connectivity index (χ0v) is 15.4. The fourth-order valence-corrected chi connectivity index (χ4v) is 4.67. The Morgan fingerprint density at radius 3 is 2.26 bits per heavy atom. The van der Waals surface area contributed by atoms with Gasteiger partial charge in [-0.25, -0.2) is 0 Å². The molecule has 0 unspecified atom stereocenters. The average Bonchev–Trinajstić information content (AvgIpc) is 2.55. The van der Waals surface area contributed by atoms with E-state index in [9.17, 15) is 9.59 Å². The molecule has 0 amide bonds. The Bertz CT molecular complexity index is 461. The molecule has 1 rings (SSSR count). The Morgan fingerprint density at radius 2 is 1.78 bits per heavy atom. The number of benzene rings is 1. The minimum absolute atomic E-state index is 0.0279. The quantitative estimate of drug-likeness (QED) is 0.343. The van der Waals surface area contributed by atoms with E-state index in [-0.39, 0.29) is 4.58 Å². The summed E-state index contributed by atoms with van der Waals surface area (Å²) in [6.07, 6.45) is -0.637. The highest BCUT2D eigenvalue weighted by Crippen LogP contribution is 2.31. The molecule has 0 aromatic heterocycles. The van der Waals surface area contributed by atoms with Crippen molar-refractivity contribution in [3.05, 3.63) is 35.9 Å². The third-order valence-corrected chi connectivity index (χ3v) is 5.65. The Hall–Kier alpha value is -0.980. The van der Waals surface area contributed by atoms with Crippen LogP contribution in [0.15, 0.2) is 30.3 Å². The van der Waals surface area contributed by atoms with Crippen LogP contribution in [0, 0.1) is 0 Å². The summed E-state index contributed by atoms with van der Waals surface area (Å²) in [5, 5.41) is 0. The zero-order valence-electron chi connectivity index (χ0n) is 13.8. The van der Waals surface area contributed by atoms with E-state index in [1.54, 1.807) is 23.5 Å². The molecule has 0 radical (unpaired) electrons. The minimum atomic E-state index is -0.776. The van der Waals surface area contributed by atoms with Crippen LogP contribution in [-0.2, 0) is 25.7 Å². The summed E-state index contributed by atoms with van der Waals surface area (Å²) >= 11 is 3.33. The van der Waals surface area contributed by atoms with Crippen molar-refractivity contribution in [1.82, 2.24) is 0 Å². The normalized spacial score (nSPS) is 13.6. The van der Waals surface area contributed by atoms with Crippen LogP contribution < -0.4 is 0 Å². The number of thioether (sulfide) groups is 2. The van der Waals surface area contributed by atoms with Crippen molar-refractivity contribution in [2.24, 2.45) is 0 Å².